The SMILES string of the molecule is CCCCC[C@@H](CCCCCCC[C@H](O)CC(=O)O)O[C@@H]1O[C@H](CO[C@@H]2O[C@@H](C)[C@H](O)[C@@H](O)[C@H]2O)[C@@H](O)[C@H](O)[C@H]1O[C@@H]1O[C@H](CO)[C@@H](O)[C@H](O)[C@H]1O[C@@H]1O[C@@H](C)[C@H](O[C@@H]2O[C@H](C)[C@@H](O)[C@H](O[C@@H]3O[C@@H](C)[C@H](O)[C@@H](O)[C@H]3O)[C@H]2O)[C@@H](O)[C@H]1O. The van der Waals surface area contributed by atoms with Crippen LogP contribution in [-0.2, 0) is 61.6 Å². The molecular weight excluding hydrogens is 1100 g/mol. The molecular formula is C52H92O30. The third-order valence-electron chi connectivity index (χ3n) is 16.2. The lowest BCUT2D eigenvalue weighted by atomic mass is 9.95. The van der Waals surface area contributed by atoms with Gasteiger partial charge in [-0.3, -0.25) is 4.79 Å². The van der Waals surface area contributed by atoms with Gasteiger partial charge in [0.05, 0.1) is 56.3 Å². The highest BCUT2D eigenvalue weighted by Gasteiger charge is 2.57. The lowest BCUT2D eigenvalue weighted by Crippen LogP contribution is -2.67. The summed E-state index contributed by atoms with van der Waals surface area (Å²) in [6.07, 6.45) is -44.7. The average Bonchev–Trinajstić information content (AvgIpc) is 3.64. The molecule has 17 N–H and O–H groups in total. The summed E-state index contributed by atoms with van der Waals surface area (Å²) in [5.41, 5.74) is 0. The molecule has 6 heterocycles. The number of unbranched alkanes of at least 4 members (excludes halogenated alkanes) is 6. The van der Waals surface area contributed by atoms with Crippen molar-refractivity contribution in [1.82, 2.24) is 0 Å². The highest BCUT2D eigenvalue weighted by atomic mass is 16.8. The fourth-order valence-electron chi connectivity index (χ4n) is 10.9. The van der Waals surface area contributed by atoms with Crippen LogP contribution in [0.25, 0.3) is 0 Å². The van der Waals surface area contributed by atoms with Crippen molar-refractivity contribution < 1.29 is 148 Å². The number of ether oxygens (including phenoxy) is 12. The summed E-state index contributed by atoms with van der Waals surface area (Å²) >= 11 is 0. The first-order chi connectivity index (χ1) is 38.8. The smallest absolute Gasteiger partial charge is 0.305 e. The van der Waals surface area contributed by atoms with E-state index in [4.69, 9.17) is 61.9 Å². The van der Waals surface area contributed by atoms with Crippen molar-refractivity contribution in [2.24, 2.45) is 0 Å². The molecule has 0 aromatic rings. The van der Waals surface area contributed by atoms with Gasteiger partial charge in [0.15, 0.2) is 37.7 Å². The molecule has 0 aromatic carbocycles. The second-order valence-corrected chi connectivity index (χ2v) is 22.6. The van der Waals surface area contributed by atoms with Crippen LogP contribution in [0.4, 0.5) is 0 Å². The Kier molecular flexibility index (Phi) is 27.1. The summed E-state index contributed by atoms with van der Waals surface area (Å²) in [5, 5.41) is 184. The lowest BCUT2D eigenvalue weighted by Gasteiger charge is -2.50. The minimum atomic E-state index is -2.08. The van der Waals surface area contributed by atoms with Gasteiger partial charge in [0.1, 0.15) is 122 Å². The van der Waals surface area contributed by atoms with Gasteiger partial charge in [-0.25, -0.2) is 0 Å². The molecule has 0 aliphatic carbocycles. The summed E-state index contributed by atoms with van der Waals surface area (Å²) in [5.74, 6) is -1.09. The Morgan fingerprint density at radius 3 is 1.43 bits per heavy atom. The van der Waals surface area contributed by atoms with E-state index in [0.717, 1.165) is 32.1 Å². The number of aliphatic hydroxyl groups excluding tert-OH is 16. The van der Waals surface area contributed by atoms with Gasteiger partial charge < -0.3 is 144 Å². The van der Waals surface area contributed by atoms with Gasteiger partial charge in [-0.1, -0.05) is 58.3 Å². The maximum Gasteiger partial charge on any atom is 0.305 e. The molecule has 0 spiro atoms. The second-order valence-electron chi connectivity index (χ2n) is 22.6. The molecule has 32 atom stereocenters. The molecule has 30 nitrogen and oxygen atoms in total. The van der Waals surface area contributed by atoms with Gasteiger partial charge in [-0.2, -0.15) is 0 Å². The monoisotopic (exact) mass is 1200 g/mol. The van der Waals surface area contributed by atoms with Crippen molar-refractivity contribution in [3.05, 3.63) is 0 Å². The highest BCUT2D eigenvalue weighted by Crippen LogP contribution is 2.37. The predicted molar refractivity (Wildman–Crippen MR) is 271 cm³/mol. The number of carboxylic acids is 1. The van der Waals surface area contributed by atoms with Crippen molar-refractivity contribution in [2.75, 3.05) is 13.2 Å². The summed E-state index contributed by atoms with van der Waals surface area (Å²) < 4.78 is 71.5. The highest BCUT2D eigenvalue weighted by molar-refractivity contribution is 5.67. The van der Waals surface area contributed by atoms with Gasteiger partial charge in [0, 0.05) is 0 Å². The van der Waals surface area contributed by atoms with E-state index in [1.54, 1.807) is 0 Å². The Bertz CT molecular complexity index is 1870. The fraction of sp³-hybridized carbons (Fsp3) is 0.981. The Hall–Kier alpha value is -1.65. The van der Waals surface area contributed by atoms with E-state index < -0.39 is 216 Å². The van der Waals surface area contributed by atoms with Crippen LogP contribution in [0, 0.1) is 0 Å². The molecule has 480 valence electrons. The van der Waals surface area contributed by atoms with Crippen LogP contribution in [0.5, 0.6) is 0 Å². The van der Waals surface area contributed by atoms with Gasteiger partial charge >= 0.3 is 5.97 Å². The molecule has 30 heteroatoms. The lowest BCUT2D eigenvalue weighted by molar-refractivity contribution is -0.402. The van der Waals surface area contributed by atoms with Crippen LogP contribution in [0.1, 0.15) is 112 Å². The maximum atomic E-state index is 12.0. The molecule has 0 aromatic heterocycles. The van der Waals surface area contributed by atoms with E-state index in [1.165, 1.54) is 27.7 Å². The number of hydrogen-bond acceptors (Lipinski definition) is 29. The van der Waals surface area contributed by atoms with Crippen molar-refractivity contribution >= 4 is 5.97 Å². The van der Waals surface area contributed by atoms with Crippen LogP contribution < -0.4 is 0 Å². The van der Waals surface area contributed by atoms with E-state index in [1.807, 2.05) is 6.92 Å². The third-order valence-corrected chi connectivity index (χ3v) is 16.2. The Labute approximate surface area is 474 Å². The average molecular weight is 1200 g/mol. The zero-order valence-corrected chi connectivity index (χ0v) is 46.8. The first-order valence-electron chi connectivity index (χ1n) is 28.6. The van der Waals surface area contributed by atoms with Crippen LogP contribution >= 0.6 is 0 Å². The van der Waals surface area contributed by atoms with Gasteiger partial charge in [-0.15, -0.1) is 0 Å². The third kappa shape index (κ3) is 17.4. The zero-order valence-electron chi connectivity index (χ0n) is 46.8. The number of carboxylic acid groups (broad SMARTS) is 1. The van der Waals surface area contributed by atoms with Crippen LogP contribution in [0.2, 0.25) is 0 Å². The molecule has 82 heavy (non-hydrogen) atoms. The van der Waals surface area contributed by atoms with E-state index >= 15 is 0 Å². The van der Waals surface area contributed by atoms with Crippen molar-refractivity contribution in [3.63, 3.8) is 0 Å². The van der Waals surface area contributed by atoms with Gasteiger partial charge in [0.25, 0.3) is 0 Å². The van der Waals surface area contributed by atoms with Crippen molar-refractivity contribution in [1.29, 1.82) is 0 Å². The fourth-order valence-corrected chi connectivity index (χ4v) is 10.9. The molecule has 0 amide bonds. The van der Waals surface area contributed by atoms with Crippen LogP contribution in [0.15, 0.2) is 0 Å². The molecule has 6 fully saturated rings. The normalized spacial score (nSPS) is 46.5. The maximum absolute atomic E-state index is 12.0. The summed E-state index contributed by atoms with van der Waals surface area (Å²) in [6, 6.07) is 0. The summed E-state index contributed by atoms with van der Waals surface area (Å²) in [4.78, 5) is 11.0. The molecule has 0 bridgehead atoms. The Morgan fingerprint density at radius 2 is 0.841 bits per heavy atom. The molecule has 6 aliphatic rings. The molecule has 6 aliphatic heterocycles. The first-order valence-corrected chi connectivity index (χ1v) is 28.6. The predicted octanol–water partition coefficient (Wildman–Crippen LogP) is -5.45. The summed E-state index contributed by atoms with van der Waals surface area (Å²) in [7, 11) is 0. The first kappa shape index (κ1) is 69.5. The zero-order chi connectivity index (χ0) is 60.4. The van der Waals surface area contributed by atoms with E-state index in [-0.39, 0.29) is 6.42 Å². The number of aliphatic carboxylic acids is 1. The number of aliphatic hydroxyl groups is 16. The van der Waals surface area contributed by atoms with E-state index in [0.29, 0.717) is 38.5 Å². The van der Waals surface area contributed by atoms with Crippen LogP contribution in [0.3, 0.4) is 0 Å². The topological polar surface area (TPSA) is 472 Å². The van der Waals surface area contributed by atoms with Crippen molar-refractivity contribution in [3.8, 4) is 0 Å². The van der Waals surface area contributed by atoms with E-state index in [9.17, 15) is 86.5 Å². The Balaban J connectivity index is 1.19. The van der Waals surface area contributed by atoms with E-state index in [2.05, 4.69) is 0 Å². The van der Waals surface area contributed by atoms with Gasteiger partial charge in [0.2, 0.25) is 0 Å². The molecule has 6 saturated heterocycles. The minimum Gasteiger partial charge on any atom is -0.481 e. The van der Waals surface area contributed by atoms with Crippen LogP contribution in [-0.4, -0.2) is 302 Å². The molecule has 0 unspecified atom stereocenters. The van der Waals surface area contributed by atoms with Crippen molar-refractivity contribution in [2.45, 2.75) is 308 Å². The molecule has 0 radical (unpaired) electrons. The second kappa shape index (κ2) is 32.0. The quantitative estimate of drug-likeness (QED) is 0.0325. The minimum absolute atomic E-state index is 0.331. The van der Waals surface area contributed by atoms with Gasteiger partial charge in [-0.05, 0) is 47.0 Å². The largest absolute Gasteiger partial charge is 0.481 e. The Morgan fingerprint density at radius 1 is 0.415 bits per heavy atom. The molecule has 6 rings (SSSR count). The molecule has 0 saturated carbocycles. The standard InChI is InChI=1S/C52H92O30/c1-6-7-11-15-25(16-13-10-8-9-12-14-24(54)17-28(55)56)76-51-45(37(65)33(61)27(78-51)19-71-47-39(67)34(62)29(57)20(2)72-47)82-52-46(36(64)32(60)26(18-53)77-52)81-49-41(69)38(66)43(23(5)75-49)79-50-42(70)44(31(59)22(4)74-50)80-48-40(68)35(63)30(58)21(3)73-48/h20-27,29-54,57-70H,6-19H2,1-5H3,(H,55,56)/t20-,21-,22+,23-,24-,25-,26+,27+,29-,30-,31+,32+,33+,34+,35+,36-,37-,38-,39+,40+,41+,42+,43-,44-,45+,46+,47+,48-,49-,50-,51+,52-/m0/s1. The number of hydrogen-bond donors (Lipinski definition) is 17. The number of carbonyl (C=O) groups is 1. The number of rotatable bonds is 28. The summed E-state index contributed by atoms with van der Waals surface area (Å²) in [6.45, 7) is 6.12.